The zero-order chi connectivity index (χ0) is 13.6. The van der Waals surface area contributed by atoms with E-state index in [0.717, 1.165) is 13.0 Å². The van der Waals surface area contributed by atoms with E-state index in [1.807, 2.05) is 6.92 Å². The van der Waals surface area contributed by atoms with Crippen LogP contribution in [-0.4, -0.2) is 40.7 Å². The number of aliphatic hydroxyl groups excluding tert-OH is 1. The molecule has 0 amide bonds. The van der Waals surface area contributed by atoms with Crippen molar-refractivity contribution in [2.45, 2.75) is 26.2 Å². The number of aromatic nitrogens is 2. The van der Waals surface area contributed by atoms with Crippen LogP contribution in [0.15, 0.2) is 6.33 Å². The van der Waals surface area contributed by atoms with Crippen molar-refractivity contribution in [3.8, 4) is 0 Å². The van der Waals surface area contributed by atoms with Gasteiger partial charge in [-0.1, -0.05) is 6.92 Å². The molecule has 0 unspecified atom stereocenters. The molecule has 0 aromatic carbocycles. The minimum atomic E-state index is -3.16. The first-order chi connectivity index (χ1) is 8.50. The fourth-order valence-electron chi connectivity index (χ4n) is 1.32. The van der Waals surface area contributed by atoms with Gasteiger partial charge in [-0.25, -0.2) is 18.7 Å². The van der Waals surface area contributed by atoms with Gasteiger partial charge in [-0.05, 0) is 13.3 Å². The summed E-state index contributed by atoms with van der Waals surface area (Å²) in [6, 6.07) is 0. The van der Waals surface area contributed by atoms with Crippen LogP contribution in [0, 0.1) is 6.92 Å². The molecule has 102 valence electrons. The van der Waals surface area contributed by atoms with Crippen molar-refractivity contribution in [1.82, 2.24) is 9.97 Å². The lowest BCUT2D eigenvalue weighted by Crippen LogP contribution is -2.31. The highest BCUT2D eigenvalue weighted by Gasteiger charge is 2.27. The second kappa shape index (κ2) is 6.44. The number of hydrogen-bond donors (Lipinski definition) is 3. The molecule has 0 atom stereocenters. The Balaban J connectivity index is 2.71. The third-order valence-electron chi connectivity index (χ3n) is 2.37. The Morgan fingerprint density at radius 1 is 1.28 bits per heavy atom. The molecule has 0 saturated heterocycles. The topological polar surface area (TPSA) is 70.1 Å². The van der Waals surface area contributed by atoms with E-state index in [-0.39, 0.29) is 0 Å². The van der Waals surface area contributed by atoms with Crippen molar-refractivity contribution in [1.29, 1.82) is 0 Å². The molecule has 0 radical (unpaired) electrons. The van der Waals surface area contributed by atoms with E-state index in [4.69, 9.17) is 5.11 Å². The molecule has 0 saturated carbocycles. The molecule has 0 bridgehead atoms. The molecule has 18 heavy (non-hydrogen) atoms. The first-order valence-electron chi connectivity index (χ1n) is 5.78. The molecule has 5 nitrogen and oxygen atoms in total. The van der Waals surface area contributed by atoms with Gasteiger partial charge in [-0.15, -0.1) is 0 Å². The highest BCUT2D eigenvalue weighted by atomic mass is 19.3. The summed E-state index contributed by atoms with van der Waals surface area (Å²) in [5.74, 6) is -2.19. The van der Waals surface area contributed by atoms with E-state index >= 15 is 0 Å². The number of nitrogens with one attached hydrogen (secondary N) is 2. The van der Waals surface area contributed by atoms with Gasteiger partial charge in [0, 0.05) is 12.1 Å². The number of anilines is 2. The Kier molecular flexibility index (Phi) is 5.21. The first kappa shape index (κ1) is 14.6. The van der Waals surface area contributed by atoms with Crippen LogP contribution in [0.2, 0.25) is 0 Å². The molecule has 7 heteroatoms. The Morgan fingerprint density at radius 2 is 1.89 bits per heavy atom. The number of aliphatic hydroxyl groups is 1. The number of halogens is 2. The van der Waals surface area contributed by atoms with Crippen LogP contribution in [0.4, 0.5) is 20.4 Å². The number of nitrogens with zero attached hydrogens (tertiary/aromatic N) is 2. The second-order valence-electron chi connectivity index (χ2n) is 3.99. The zero-order valence-electron chi connectivity index (χ0n) is 10.5. The molecular weight excluding hydrogens is 242 g/mol. The molecule has 0 aliphatic rings. The smallest absolute Gasteiger partial charge is 0.287 e. The van der Waals surface area contributed by atoms with E-state index < -0.39 is 19.1 Å². The third kappa shape index (κ3) is 4.06. The van der Waals surface area contributed by atoms with Gasteiger partial charge >= 0.3 is 0 Å². The summed E-state index contributed by atoms with van der Waals surface area (Å²) >= 11 is 0. The van der Waals surface area contributed by atoms with Crippen molar-refractivity contribution in [3.05, 3.63) is 11.9 Å². The normalized spacial score (nSPS) is 11.4. The molecule has 0 fully saturated rings. The molecule has 0 spiro atoms. The largest absolute Gasteiger partial charge is 0.390 e. The van der Waals surface area contributed by atoms with Crippen LogP contribution in [0.3, 0.4) is 0 Å². The van der Waals surface area contributed by atoms with Crippen molar-refractivity contribution in [2.24, 2.45) is 0 Å². The average Bonchev–Trinajstić information content (AvgIpc) is 2.36. The van der Waals surface area contributed by atoms with E-state index in [1.54, 1.807) is 6.92 Å². The quantitative estimate of drug-likeness (QED) is 0.695. The van der Waals surface area contributed by atoms with Crippen LogP contribution in [0.1, 0.15) is 18.9 Å². The lowest BCUT2D eigenvalue weighted by atomic mass is 10.3. The maximum absolute atomic E-state index is 12.9. The maximum atomic E-state index is 12.9. The van der Waals surface area contributed by atoms with Crippen molar-refractivity contribution < 1.29 is 13.9 Å². The van der Waals surface area contributed by atoms with Crippen LogP contribution >= 0.6 is 0 Å². The van der Waals surface area contributed by atoms with Crippen molar-refractivity contribution >= 4 is 11.6 Å². The van der Waals surface area contributed by atoms with Crippen LogP contribution in [-0.2, 0) is 0 Å². The predicted molar refractivity (Wildman–Crippen MR) is 66.1 cm³/mol. The molecule has 1 aromatic rings. The Bertz CT molecular complexity index is 387. The molecule has 1 heterocycles. The van der Waals surface area contributed by atoms with E-state index in [2.05, 4.69) is 20.6 Å². The van der Waals surface area contributed by atoms with Crippen LogP contribution in [0.5, 0.6) is 0 Å². The standard InChI is InChI=1S/C11H18F2N4O/c1-3-4-14-9-8(2)10(17-7-16-9)15-5-11(12,13)6-18/h7,18H,3-6H2,1-2H3,(H2,14,15,16,17). The van der Waals surface area contributed by atoms with E-state index in [9.17, 15) is 8.78 Å². The van der Waals surface area contributed by atoms with Crippen molar-refractivity contribution in [2.75, 3.05) is 30.3 Å². The minimum absolute atomic E-state index is 0.344. The van der Waals surface area contributed by atoms with E-state index in [1.165, 1.54) is 6.33 Å². The summed E-state index contributed by atoms with van der Waals surface area (Å²) in [6.07, 6.45) is 2.25. The number of alkyl halides is 2. The van der Waals surface area contributed by atoms with Crippen LogP contribution < -0.4 is 10.6 Å². The predicted octanol–water partition coefficient (Wildman–Crippen LogP) is 1.65. The Hall–Kier alpha value is -1.50. The van der Waals surface area contributed by atoms with Gasteiger partial charge < -0.3 is 15.7 Å². The molecular formula is C11H18F2N4O. The Morgan fingerprint density at radius 3 is 2.44 bits per heavy atom. The van der Waals surface area contributed by atoms with Crippen LogP contribution in [0.25, 0.3) is 0 Å². The second-order valence-corrected chi connectivity index (χ2v) is 3.99. The highest BCUT2D eigenvalue weighted by molar-refractivity contribution is 5.56. The van der Waals surface area contributed by atoms with Gasteiger partial charge in [0.2, 0.25) is 0 Å². The lowest BCUT2D eigenvalue weighted by Gasteiger charge is -2.16. The average molecular weight is 260 g/mol. The summed E-state index contributed by atoms with van der Waals surface area (Å²) in [4.78, 5) is 7.95. The van der Waals surface area contributed by atoms with Gasteiger partial charge in [0.25, 0.3) is 5.92 Å². The fraction of sp³-hybridized carbons (Fsp3) is 0.636. The molecule has 0 aliphatic heterocycles. The van der Waals surface area contributed by atoms with Gasteiger partial charge in [0.05, 0.1) is 6.54 Å². The monoisotopic (exact) mass is 260 g/mol. The summed E-state index contributed by atoms with van der Waals surface area (Å²) in [6.45, 7) is 2.67. The number of rotatable bonds is 7. The summed E-state index contributed by atoms with van der Waals surface area (Å²) < 4.78 is 25.8. The SMILES string of the molecule is CCCNc1ncnc(NCC(F)(F)CO)c1C. The molecule has 1 aromatic heterocycles. The van der Waals surface area contributed by atoms with Gasteiger partial charge in [-0.2, -0.15) is 0 Å². The molecule has 0 aliphatic carbocycles. The number of hydrogen-bond acceptors (Lipinski definition) is 5. The zero-order valence-corrected chi connectivity index (χ0v) is 10.5. The van der Waals surface area contributed by atoms with E-state index in [0.29, 0.717) is 17.2 Å². The highest BCUT2D eigenvalue weighted by Crippen LogP contribution is 2.20. The maximum Gasteiger partial charge on any atom is 0.287 e. The Labute approximate surface area is 105 Å². The minimum Gasteiger partial charge on any atom is -0.390 e. The summed E-state index contributed by atoms with van der Waals surface area (Å²) in [7, 11) is 0. The third-order valence-corrected chi connectivity index (χ3v) is 2.37. The molecule has 3 N–H and O–H groups in total. The fourth-order valence-corrected chi connectivity index (χ4v) is 1.32. The lowest BCUT2D eigenvalue weighted by molar-refractivity contribution is -0.0373. The molecule has 1 rings (SSSR count). The summed E-state index contributed by atoms with van der Waals surface area (Å²) in [5.41, 5.74) is 0.680. The summed E-state index contributed by atoms with van der Waals surface area (Å²) in [5, 5.41) is 14.1. The van der Waals surface area contributed by atoms with Crippen molar-refractivity contribution in [3.63, 3.8) is 0 Å². The van der Waals surface area contributed by atoms with Gasteiger partial charge in [-0.3, -0.25) is 0 Å². The first-order valence-corrected chi connectivity index (χ1v) is 5.78. The van der Waals surface area contributed by atoms with Gasteiger partial charge in [0.1, 0.15) is 24.6 Å². The van der Waals surface area contributed by atoms with Gasteiger partial charge in [0.15, 0.2) is 0 Å².